The summed E-state index contributed by atoms with van der Waals surface area (Å²) in [6, 6.07) is 8.69. The van der Waals surface area contributed by atoms with Gasteiger partial charge in [0.15, 0.2) is 0 Å². The van der Waals surface area contributed by atoms with Crippen LogP contribution >= 0.6 is 22.6 Å². The molecule has 1 aliphatic carbocycles. The van der Waals surface area contributed by atoms with Crippen LogP contribution in [0.3, 0.4) is 0 Å². The van der Waals surface area contributed by atoms with Crippen LogP contribution in [0.1, 0.15) is 17.2 Å². The van der Waals surface area contributed by atoms with Crippen LogP contribution in [0, 0.1) is 11.1 Å². The highest BCUT2D eigenvalue weighted by molar-refractivity contribution is 14.1. The van der Waals surface area contributed by atoms with Crippen molar-refractivity contribution < 1.29 is 4.43 Å². The first-order chi connectivity index (χ1) is 9.18. The molecule has 0 aromatic heterocycles. The molecule has 1 aliphatic rings. The molecule has 0 unspecified atom stereocenters. The zero-order chi connectivity index (χ0) is 15.0. The van der Waals surface area contributed by atoms with Gasteiger partial charge >= 0.3 is 0 Å². The number of hydrogen-bond donors (Lipinski definition) is 0. The highest BCUT2D eigenvalue weighted by Crippen LogP contribution is 2.40. The van der Waals surface area contributed by atoms with Crippen LogP contribution in [0.2, 0.25) is 32.7 Å². The van der Waals surface area contributed by atoms with Crippen molar-refractivity contribution in [3.05, 3.63) is 35.4 Å². The molecule has 1 nitrogen and oxygen atoms in total. The molecule has 2 rings (SSSR count). The smallest absolute Gasteiger partial charge is 0.265 e. The first-order valence-electron chi connectivity index (χ1n) is 7.12. The van der Waals surface area contributed by atoms with Crippen LogP contribution in [0.15, 0.2) is 24.3 Å². The van der Waals surface area contributed by atoms with E-state index in [2.05, 4.69) is 90.7 Å². The van der Waals surface area contributed by atoms with E-state index in [1.54, 1.807) is 0 Å². The van der Waals surface area contributed by atoms with Crippen molar-refractivity contribution >= 4 is 39.0 Å². The molecule has 1 aromatic rings. The molecule has 0 spiro atoms. The molecule has 0 amide bonds. The Balaban J connectivity index is 2.19. The zero-order valence-electron chi connectivity index (χ0n) is 13.0. The van der Waals surface area contributed by atoms with Gasteiger partial charge in [0.1, 0.15) is 8.07 Å². The van der Waals surface area contributed by atoms with Crippen LogP contribution in [0.25, 0.3) is 0 Å². The second-order valence-electron chi connectivity index (χ2n) is 6.97. The van der Waals surface area contributed by atoms with Gasteiger partial charge in [-0.2, -0.15) is 0 Å². The number of rotatable bonds is 2. The van der Waals surface area contributed by atoms with Gasteiger partial charge in [0.25, 0.3) is 8.32 Å². The molecule has 0 bridgehead atoms. The fraction of sp³-hybridized carbons (Fsp3) is 0.500. The second kappa shape index (κ2) is 5.95. The summed E-state index contributed by atoms with van der Waals surface area (Å²) in [5, 5.41) is 0. The van der Waals surface area contributed by atoms with Gasteiger partial charge < -0.3 is 4.43 Å². The van der Waals surface area contributed by atoms with Crippen molar-refractivity contribution in [2.75, 3.05) is 0 Å². The molecule has 0 saturated carbocycles. The van der Waals surface area contributed by atoms with Gasteiger partial charge in [-0.3, -0.25) is 0 Å². The highest BCUT2D eigenvalue weighted by atomic mass is 127. The molecule has 0 heterocycles. The molecule has 108 valence electrons. The summed E-state index contributed by atoms with van der Waals surface area (Å²) >= 11 is 2.53. The van der Waals surface area contributed by atoms with Crippen LogP contribution in [-0.4, -0.2) is 20.3 Å². The molecule has 2 atom stereocenters. The van der Waals surface area contributed by atoms with E-state index in [0.717, 1.165) is 6.42 Å². The minimum absolute atomic E-state index is 0.226. The lowest BCUT2D eigenvalue weighted by atomic mass is 10.1. The zero-order valence-corrected chi connectivity index (χ0v) is 17.1. The third-order valence-electron chi connectivity index (χ3n) is 3.27. The Kier molecular flexibility index (Phi) is 4.85. The number of fused-ring (bicyclic) bond motifs is 1. The van der Waals surface area contributed by atoms with E-state index in [1.165, 1.54) is 11.1 Å². The molecule has 4 heteroatoms. The predicted octanol–water partition coefficient (Wildman–Crippen LogP) is 4.73. The van der Waals surface area contributed by atoms with E-state index in [4.69, 9.17) is 4.43 Å². The largest absolute Gasteiger partial charge is 0.397 e. The van der Waals surface area contributed by atoms with Crippen molar-refractivity contribution in [1.29, 1.82) is 0 Å². The lowest BCUT2D eigenvalue weighted by Crippen LogP contribution is -2.33. The third-order valence-corrected chi connectivity index (χ3v) is 7.05. The van der Waals surface area contributed by atoms with Crippen LogP contribution in [-0.2, 0) is 10.8 Å². The van der Waals surface area contributed by atoms with E-state index >= 15 is 0 Å². The lowest BCUT2D eigenvalue weighted by Gasteiger charge is -2.25. The van der Waals surface area contributed by atoms with Crippen LogP contribution in [0.5, 0.6) is 0 Å². The monoisotopic (exact) mass is 414 g/mol. The Morgan fingerprint density at radius 2 is 1.75 bits per heavy atom. The van der Waals surface area contributed by atoms with Crippen molar-refractivity contribution in [2.24, 2.45) is 0 Å². The summed E-state index contributed by atoms with van der Waals surface area (Å²) in [5.41, 5.74) is 9.82. The minimum atomic E-state index is -1.92. The molecule has 0 saturated heterocycles. The molecule has 0 radical (unpaired) electrons. The van der Waals surface area contributed by atoms with Gasteiger partial charge in [-0.05, 0) is 30.6 Å². The van der Waals surface area contributed by atoms with Gasteiger partial charge in [-0.25, -0.2) is 0 Å². The summed E-state index contributed by atoms with van der Waals surface area (Å²) in [7, 11) is -3.24. The Morgan fingerprint density at radius 3 is 2.40 bits per heavy atom. The summed E-state index contributed by atoms with van der Waals surface area (Å²) in [6.45, 7) is 11.3. The first-order valence-corrected chi connectivity index (χ1v) is 14.8. The number of hydrogen-bond acceptors (Lipinski definition) is 1. The number of halogens is 1. The highest BCUT2D eigenvalue weighted by Gasteiger charge is 2.36. The molecular formula is C16H23IOSi2. The number of benzene rings is 1. The third kappa shape index (κ3) is 4.20. The van der Waals surface area contributed by atoms with Crippen LogP contribution < -0.4 is 0 Å². The molecule has 0 fully saturated rings. The van der Waals surface area contributed by atoms with Gasteiger partial charge in [0, 0.05) is 3.92 Å². The maximum Gasteiger partial charge on any atom is 0.265 e. The lowest BCUT2D eigenvalue weighted by molar-refractivity contribution is 0.214. The molecule has 0 N–H and O–H groups in total. The van der Waals surface area contributed by atoms with Gasteiger partial charge in [-0.15, -0.1) is 11.1 Å². The van der Waals surface area contributed by atoms with Gasteiger partial charge in [0.2, 0.25) is 0 Å². The average Bonchev–Trinajstić information content (AvgIpc) is 2.63. The molecule has 1 aromatic carbocycles. The Hall–Kier alpha value is -0.0962. The Labute approximate surface area is 138 Å². The maximum atomic E-state index is 6.51. The maximum absolute atomic E-state index is 6.51. The fourth-order valence-electron chi connectivity index (χ4n) is 2.33. The Bertz CT molecular complexity index is 552. The fourth-order valence-corrected chi connectivity index (χ4v) is 7.31. The van der Waals surface area contributed by atoms with E-state index in [1.807, 2.05) is 0 Å². The Morgan fingerprint density at radius 1 is 1.10 bits per heavy atom. The number of alkyl halides is 1. The topological polar surface area (TPSA) is 9.23 Å². The van der Waals surface area contributed by atoms with Crippen LogP contribution in [0.4, 0.5) is 0 Å². The van der Waals surface area contributed by atoms with E-state index in [0.29, 0.717) is 3.92 Å². The predicted molar refractivity (Wildman–Crippen MR) is 100 cm³/mol. The summed E-state index contributed by atoms with van der Waals surface area (Å²) in [6.07, 6.45) is 1.34. The normalized spacial score (nSPS) is 22.1. The van der Waals surface area contributed by atoms with E-state index in [9.17, 15) is 0 Å². The van der Waals surface area contributed by atoms with E-state index < -0.39 is 16.4 Å². The molecule has 0 aliphatic heterocycles. The van der Waals surface area contributed by atoms with Crippen molar-refractivity contribution in [3.63, 3.8) is 0 Å². The van der Waals surface area contributed by atoms with E-state index in [-0.39, 0.29) is 6.10 Å². The van der Waals surface area contributed by atoms with Gasteiger partial charge in [0.05, 0.1) is 6.10 Å². The quantitative estimate of drug-likeness (QED) is 0.294. The van der Waals surface area contributed by atoms with Crippen molar-refractivity contribution in [1.82, 2.24) is 0 Å². The standard InChI is InChI=1S/C16H23IOSi2/c1-19(2,3)10-11-20(4,5)18-16-14-9-7-6-8-13(14)12-15(16)17/h6-9,15-16H,12H2,1-5H3/t15-,16-/m0/s1. The first kappa shape index (κ1) is 16.3. The van der Waals surface area contributed by atoms with Crippen molar-refractivity contribution in [2.45, 2.75) is 49.2 Å². The minimum Gasteiger partial charge on any atom is -0.397 e. The van der Waals surface area contributed by atoms with Crippen molar-refractivity contribution in [3.8, 4) is 11.1 Å². The SMILES string of the molecule is C[Si](C)(C)C#C[Si](C)(C)O[C@H]1c2ccccc2C[C@@H]1I. The van der Waals surface area contributed by atoms with Gasteiger partial charge in [-0.1, -0.05) is 66.5 Å². The summed E-state index contributed by atoms with van der Waals surface area (Å²) < 4.78 is 7.05. The molecular weight excluding hydrogens is 391 g/mol. The average molecular weight is 414 g/mol. The summed E-state index contributed by atoms with van der Waals surface area (Å²) in [5.74, 6) is 0. The molecule has 20 heavy (non-hydrogen) atoms. The second-order valence-corrected chi connectivity index (χ2v) is 16.8. The summed E-state index contributed by atoms with van der Waals surface area (Å²) in [4.78, 5) is 0.